The van der Waals surface area contributed by atoms with E-state index in [4.69, 9.17) is 15.2 Å². The van der Waals surface area contributed by atoms with Crippen molar-refractivity contribution in [3.8, 4) is 16.9 Å². The van der Waals surface area contributed by atoms with Gasteiger partial charge in [0.1, 0.15) is 35.7 Å². The van der Waals surface area contributed by atoms with Crippen molar-refractivity contribution >= 4 is 16.9 Å². The van der Waals surface area contributed by atoms with Gasteiger partial charge in [0.25, 0.3) is 0 Å². The maximum atomic E-state index is 11.1. The summed E-state index contributed by atoms with van der Waals surface area (Å²) in [5, 5.41) is 15.5. The van der Waals surface area contributed by atoms with Crippen LogP contribution in [0, 0.1) is 0 Å². The number of hydrogen-bond acceptors (Lipinski definition) is 7. The second kappa shape index (κ2) is 8.96. The van der Waals surface area contributed by atoms with Crippen LogP contribution in [0.1, 0.15) is 70.3 Å². The van der Waals surface area contributed by atoms with E-state index in [1.807, 2.05) is 12.1 Å². The summed E-state index contributed by atoms with van der Waals surface area (Å²) in [4.78, 5) is 8.97. The molecule has 0 unspecified atom stereocenters. The second-order valence-electron chi connectivity index (χ2n) is 11.8. The lowest BCUT2D eigenvalue weighted by Gasteiger charge is -2.37. The summed E-state index contributed by atoms with van der Waals surface area (Å²) in [6, 6.07) is 9.10. The van der Waals surface area contributed by atoms with Crippen molar-refractivity contribution in [3.05, 3.63) is 36.8 Å². The number of nitrogens with one attached hydrogen (secondary N) is 1. The Kier molecular flexibility index (Phi) is 5.68. The molecule has 37 heavy (non-hydrogen) atoms. The third-order valence-electron chi connectivity index (χ3n) is 9.12. The Morgan fingerprint density at radius 3 is 2.62 bits per heavy atom. The summed E-state index contributed by atoms with van der Waals surface area (Å²) in [7, 11) is 0. The zero-order valence-corrected chi connectivity index (χ0v) is 21.4. The van der Waals surface area contributed by atoms with Gasteiger partial charge in [-0.25, -0.2) is 9.97 Å². The van der Waals surface area contributed by atoms with Gasteiger partial charge in [0, 0.05) is 30.4 Å². The molecule has 0 amide bonds. The molecule has 1 aromatic carbocycles. The van der Waals surface area contributed by atoms with Crippen molar-refractivity contribution in [2.24, 2.45) is 0 Å². The van der Waals surface area contributed by atoms with E-state index in [2.05, 4.69) is 38.2 Å². The number of rotatable bonds is 8. The van der Waals surface area contributed by atoms with Gasteiger partial charge in [0.15, 0.2) is 0 Å². The van der Waals surface area contributed by atoms with Crippen molar-refractivity contribution in [2.45, 2.75) is 93.6 Å². The fourth-order valence-electron chi connectivity index (χ4n) is 6.68. The lowest BCUT2D eigenvalue weighted by atomic mass is 9.82. The molecule has 2 aromatic heterocycles. The van der Waals surface area contributed by atoms with Crippen molar-refractivity contribution in [2.75, 3.05) is 18.9 Å². The molecule has 4 heterocycles. The predicted octanol–water partition coefficient (Wildman–Crippen LogP) is 4.37. The van der Waals surface area contributed by atoms with E-state index in [1.165, 1.54) is 12.8 Å². The number of aromatic nitrogens is 3. The standard InChI is InChI=1S/C29H37N5O3/c30-26-25-24(19-2-1-3-23(14-19)36-17-29-12-8-22(37-29)9-13-29)15-34(27(25)33-18-32-26)21-6-10-28(35,11-7-21)16-31-20-4-5-20/h1-3,14-15,18,20-22,31,35H,4-13,16-17H2,(H2,30,32,33). The van der Waals surface area contributed by atoms with E-state index in [9.17, 15) is 5.11 Å². The molecule has 7 rings (SSSR count). The van der Waals surface area contributed by atoms with Gasteiger partial charge in [-0.3, -0.25) is 0 Å². The van der Waals surface area contributed by atoms with Crippen LogP contribution in [0.15, 0.2) is 36.8 Å². The fourth-order valence-corrected chi connectivity index (χ4v) is 6.68. The van der Waals surface area contributed by atoms with Crippen LogP contribution >= 0.6 is 0 Å². The summed E-state index contributed by atoms with van der Waals surface area (Å²) in [5.41, 5.74) is 8.61. The molecule has 2 bridgehead atoms. The molecule has 2 saturated carbocycles. The van der Waals surface area contributed by atoms with Crippen LogP contribution in [0.3, 0.4) is 0 Å². The summed E-state index contributed by atoms with van der Waals surface area (Å²) < 4.78 is 14.7. The van der Waals surface area contributed by atoms with Crippen molar-refractivity contribution in [1.82, 2.24) is 19.9 Å². The van der Waals surface area contributed by atoms with Crippen LogP contribution < -0.4 is 15.8 Å². The summed E-state index contributed by atoms with van der Waals surface area (Å²) >= 11 is 0. The Balaban J connectivity index is 1.13. The molecule has 8 heteroatoms. The highest BCUT2D eigenvalue weighted by Crippen LogP contribution is 2.44. The van der Waals surface area contributed by atoms with Gasteiger partial charge in [0.2, 0.25) is 0 Å². The molecule has 0 spiro atoms. The number of anilines is 1. The number of benzene rings is 1. The zero-order chi connectivity index (χ0) is 25.0. The summed E-state index contributed by atoms with van der Waals surface area (Å²) in [6.07, 6.45) is 14.5. The number of nitrogens with zero attached hydrogens (tertiary/aromatic N) is 3. The van der Waals surface area contributed by atoms with Crippen LogP contribution in [-0.2, 0) is 4.74 Å². The minimum absolute atomic E-state index is 0.105. The number of nitrogens with two attached hydrogens (primary N) is 1. The fraction of sp³-hybridized carbons (Fsp3) is 0.586. The Morgan fingerprint density at radius 1 is 1.08 bits per heavy atom. The summed E-state index contributed by atoms with van der Waals surface area (Å²) in [5.74, 6) is 1.33. The molecular formula is C29H37N5O3. The number of nitrogen functional groups attached to an aromatic ring is 1. The minimum atomic E-state index is -0.619. The molecular weight excluding hydrogens is 466 g/mol. The van der Waals surface area contributed by atoms with Crippen LogP contribution in [0.5, 0.6) is 5.75 Å². The first-order valence-electron chi connectivity index (χ1n) is 14.0. The quantitative estimate of drug-likeness (QED) is 0.419. The van der Waals surface area contributed by atoms with Crippen LogP contribution in [0.25, 0.3) is 22.2 Å². The molecule has 3 aromatic rings. The van der Waals surface area contributed by atoms with Crippen LogP contribution in [0.4, 0.5) is 5.82 Å². The maximum Gasteiger partial charge on any atom is 0.146 e. The van der Waals surface area contributed by atoms with E-state index in [0.29, 0.717) is 31.1 Å². The van der Waals surface area contributed by atoms with Gasteiger partial charge in [-0.1, -0.05) is 12.1 Å². The first kappa shape index (κ1) is 23.4. The normalized spacial score (nSPS) is 31.3. The highest BCUT2D eigenvalue weighted by molar-refractivity contribution is 6.00. The average molecular weight is 504 g/mol. The molecule has 2 aliphatic heterocycles. The number of fused-ring (bicyclic) bond motifs is 3. The van der Waals surface area contributed by atoms with Crippen molar-refractivity contribution in [1.29, 1.82) is 0 Å². The van der Waals surface area contributed by atoms with E-state index >= 15 is 0 Å². The smallest absolute Gasteiger partial charge is 0.146 e. The third kappa shape index (κ3) is 4.49. The highest BCUT2D eigenvalue weighted by Gasteiger charge is 2.46. The molecule has 2 aliphatic carbocycles. The molecule has 4 aliphatic rings. The number of hydrogen-bond donors (Lipinski definition) is 3. The van der Waals surface area contributed by atoms with Gasteiger partial charge in [0.05, 0.1) is 17.1 Å². The SMILES string of the molecule is Nc1ncnc2c1c(-c1cccc(OCC34CCC(CC3)O4)c1)cn2C1CCC(O)(CNC2CC2)CC1. The Hall–Kier alpha value is -2.68. The molecule has 2 saturated heterocycles. The Labute approximate surface area is 217 Å². The molecule has 4 N–H and O–H groups in total. The first-order chi connectivity index (χ1) is 18.0. The van der Waals surface area contributed by atoms with Gasteiger partial charge in [-0.15, -0.1) is 0 Å². The van der Waals surface area contributed by atoms with Crippen molar-refractivity contribution in [3.63, 3.8) is 0 Å². The number of ether oxygens (including phenoxy) is 2. The van der Waals surface area contributed by atoms with Crippen molar-refractivity contribution < 1.29 is 14.6 Å². The van der Waals surface area contributed by atoms with Crippen LogP contribution in [0.2, 0.25) is 0 Å². The largest absolute Gasteiger partial charge is 0.491 e. The Morgan fingerprint density at radius 2 is 1.89 bits per heavy atom. The monoisotopic (exact) mass is 503 g/mol. The van der Waals surface area contributed by atoms with Gasteiger partial charge < -0.3 is 30.2 Å². The topological polar surface area (TPSA) is 107 Å². The van der Waals surface area contributed by atoms with E-state index < -0.39 is 5.60 Å². The minimum Gasteiger partial charge on any atom is -0.491 e. The van der Waals surface area contributed by atoms with Gasteiger partial charge in [-0.2, -0.15) is 0 Å². The third-order valence-corrected chi connectivity index (χ3v) is 9.12. The maximum absolute atomic E-state index is 11.1. The van der Waals surface area contributed by atoms with E-state index in [0.717, 1.165) is 79.3 Å². The molecule has 8 nitrogen and oxygen atoms in total. The molecule has 0 atom stereocenters. The zero-order valence-electron chi connectivity index (χ0n) is 21.4. The lowest BCUT2D eigenvalue weighted by molar-refractivity contribution is -0.0198. The Bertz CT molecular complexity index is 1290. The number of aliphatic hydroxyl groups is 1. The van der Waals surface area contributed by atoms with Crippen LogP contribution in [-0.4, -0.2) is 56.1 Å². The van der Waals surface area contributed by atoms with Gasteiger partial charge in [-0.05, 0) is 81.9 Å². The van der Waals surface area contributed by atoms with E-state index in [-0.39, 0.29) is 11.6 Å². The summed E-state index contributed by atoms with van der Waals surface area (Å²) in [6.45, 7) is 1.29. The molecule has 196 valence electrons. The average Bonchev–Trinajstić information content (AvgIpc) is 3.35. The molecule has 4 fully saturated rings. The second-order valence-corrected chi connectivity index (χ2v) is 11.8. The first-order valence-corrected chi connectivity index (χ1v) is 14.0. The molecule has 0 radical (unpaired) electrons. The van der Waals surface area contributed by atoms with Gasteiger partial charge >= 0.3 is 0 Å². The predicted molar refractivity (Wildman–Crippen MR) is 142 cm³/mol. The highest BCUT2D eigenvalue weighted by atomic mass is 16.6. The lowest BCUT2D eigenvalue weighted by Crippen LogP contribution is -2.44. The van der Waals surface area contributed by atoms with E-state index in [1.54, 1.807) is 6.33 Å².